The van der Waals surface area contributed by atoms with Crippen molar-refractivity contribution >= 4 is 17.2 Å². The number of rotatable bonds is 5. The molecule has 0 aromatic carbocycles. The first-order valence-electron chi connectivity index (χ1n) is 5.54. The maximum atomic E-state index is 11.8. The van der Waals surface area contributed by atoms with Gasteiger partial charge in [-0.2, -0.15) is 0 Å². The average Bonchev–Trinajstić information content (AvgIpc) is 2.96. The summed E-state index contributed by atoms with van der Waals surface area (Å²) in [7, 11) is 0. The summed E-state index contributed by atoms with van der Waals surface area (Å²) in [5.74, 6) is 0.508. The van der Waals surface area contributed by atoms with Crippen molar-refractivity contribution in [3.05, 3.63) is 33.6 Å². The monoisotopic (exact) mass is 266 g/mol. The molecular formula is C11H14N4O2S. The number of nitrogens with two attached hydrogens (primary N) is 1. The average molecular weight is 266 g/mol. The van der Waals surface area contributed by atoms with Crippen molar-refractivity contribution in [3.63, 3.8) is 0 Å². The molecule has 18 heavy (non-hydrogen) atoms. The van der Waals surface area contributed by atoms with E-state index in [-0.39, 0.29) is 5.91 Å². The fourth-order valence-corrected chi connectivity index (χ4v) is 2.21. The van der Waals surface area contributed by atoms with Crippen LogP contribution in [0.2, 0.25) is 0 Å². The Bertz CT molecular complexity index is 535. The van der Waals surface area contributed by atoms with Gasteiger partial charge in [0.1, 0.15) is 17.1 Å². The van der Waals surface area contributed by atoms with E-state index < -0.39 is 0 Å². The molecule has 0 saturated carbocycles. The minimum absolute atomic E-state index is 0.213. The lowest BCUT2D eigenvalue weighted by molar-refractivity contribution is 0.0945. The highest BCUT2D eigenvalue weighted by molar-refractivity contribution is 7.09. The van der Waals surface area contributed by atoms with Crippen molar-refractivity contribution in [2.24, 2.45) is 5.73 Å². The highest BCUT2D eigenvalue weighted by Crippen LogP contribution is 2.10. The predicted octanol–water partition coefficient (Wildman–Crippen LogP) is 0.871. The molecule has 0 atom stereocenters. The standard InChI is InChI=1S/C11H14N4O2S/c1-7-4-8(15-17-7)5-13-11(16)9-6-18-10(14-9)2-3-12/h4,6H,2-3,5,12H2,1H3,(H,13,16). The van der Waals surface area contributed by atoms with Gasteiger partial charge in [-0.25, -0.2) is 4.98 Å². The second kappa shape index (κ2) is 5.74. The molecule has 1 amide bonds. The SMILES string of the molecule is Cc1cc(CNC(=O)c2csc(CCN)n2)no1. The zero-order valence-electron chi connectivity index (χ0n) is 9.97. The fraction of sp³-hybridized carbons (Fsp3) is 0.364. The van der Waals surface area contributed by atoms with Gasteiger partial charge in [-0.3, -0.25) is 4.79 Å². The van der Waals surface area contributed by atoms with Crippen LogP contribution in [-0.2, 0) is 13.0 Å². The molecule has 0 saturated heterocycles. The van der Waals surface area contributed by atoms with Crippen LogP contribution >= 0.6 is 11.3 Å². The van der Waals surface area contributed by atoms with E-state index in [0.717, 1.165) is 10.8 Å². The first-order chi connectivity index (χ1) is 8.69. The van der Waals surface area contributed by atoms with E-state index >= 15 is 0 Å². The van der Waals surface area contributed by atoms with Crippen LogP contribution in [-0.4, -0.2) is 22.6 Å². The molecule has 0 fully saturated rings. The molecule has 0 spiro atoms. The third kappa shape index (κ3) is 3.14. The molecule has 0 radical (unpaired) electrons. The van der Waals surface area contributed by atoms with Crippen molar-refractivity contribution < 1.29 is 9.32 Å². The predicted molar refractivity (Wildman–Crippen MR) is 67.3 cm³/mol. The Hall–Kier alpha value is -1.73. The van der Waals surface area contributed by atoms with E-state index in [2.05, 4.69) is 15.5 Å². The van der Waals surface area contributed by atoms with Crippen LogP contribution in [0.25, 0.3) is 0 Å². The molecule has 3 N–H and O–H groups in total. The van der Waals surface area contributed by atoms with Gasteiger partial charge < -0.3 is 15.6 Å². The van der Waals surface area contributed by atoms with Gasteiger partial charge >= 0.3 is 0 Å². The van der Waals surface area contributed by atoms with E-state index in [1.54, 1.807) is 18.4 Å². The smallest absolute Gasteiger partial charge is 0.271 e. The number of carbonyl (C=O) groups is 1. The molecule has 2 heterocycles. The first-order valence-corrected chi connectivity index (χ1v) is 6.42. The number of amides is 1. The van der Waals surface area contributed by atoms with Gasteiger partial charge in [0.2, 0.25) is 0 Å². The van der Waals surface area contributed by atoms with Gasteiger partial charge in [0.15, 0.2) is 0 Å². The van der Waals surface area contributed by atoms with Gasteiger partial charge in [-0.1, -0.05) is 5.16 Å². The summed E-state index contributed by atoms with van der Waals surface area (Å²) >= 11 is 1.44. The first kappa shape index (κ1) is 12.7. The molecular weight excluding hydrogens is 252 g/mol. The maximum Gasteiger partial charge on any atom is 0.271 e. The molecule has 0 aliphatic heterocycles. The number of aromatic nitrogens is 2. The minimum atomic E-state index is -0.213. The summed E-state index contributed by atoms with van der Waals surface area (Å²) < 4.78 is 4.91. The third-order valence-electron chi connectivity index (χ3n) is 2.25. The van der Waals surface area contributed by atoms with Crippen LogP contribution < -0.4 is 11.1 Å². The summed E-state index contributed by atoms with van der Waals surface area (Å²) in [6.45, 7) is 2.67. The largest absolute Gasteiger partial charge is 0.361 e. The Morgan fingerprint density at radius 2 is 2.44 bits per heavy atom. The van der Waals surface area contributed by atoms with E-state index in [0.29, 0.717) is 30.9 Å². The normalized spacial score (nSPS) is 10.6. The minimum Gasteiger partial charge on any atom is -0.361 e. The molecule has 6 nitrogen and oxygen atoms in total. The van der Waals surface area contributed by atoms with Gasteiger partial charge in [0.25, 0.3) is 5.91 Å². The highest BCUT2D eigenvalue weighted by atomic mass is 32.1. The zero-order valence-corrected chi connectivity index (χ0v) is 10.8. The molecule has 0 unspecified atom stereocenters. The molecule has 96 valence electrons. The third-order valence-corrected chi connectivity index (χ3v) is 3.16. The van der Waals surface area contributed by atoms with E-state index in [9.17, 15) is 4.79 Å². The molecule has 7 heteroatoms. The molecule has 2 aromatic rings. The topological polar surface area (TPSA) is 94.0 Å². The summed E-state index contributed by atoms with van der Waals surface area (Å²) in [6.07, 6.45) is 0.695. The number of nitrogens with one attached hydrogen (secondary N) is 1. The van der Waals surface area contributed by atoms with E-state index in [1.807, 2.05) is 0 Å². The number of carbonyl (C=O) groups excluding carboxylic acids is 1. The Labute approximate surface area is 108 Å². The Morgan fingerprint density at radius 1 is 1.61 bits per heavy atom. The lowest BCUT2D eigenvalue weighted by atomic mass is 10.3. The van der Waals surface area contributed by atoms with Crippen LogP contribution in [0.5, 0.6) is 0 Å². The van der Waals surface area contributed by atoms with Gasteiger partial charge in [0, 0.05) is 17.9 Å². The summed E-state index contributed by atoms with van der Waals surface area (Å²) in [5.41, 5.74) is 6.54. The second-order valence-corrected chi connectivity index (χ2v) is 4.72. The van der Waals surface area contributed by atoms with Crippen molar-refractivity contribution in [2.75, 3.05) is 6.54 Å². The number of nitrogens with zero attached hydrogens (tertiary/aromatic N) is 2. The van der Waals surface area contributed by atoms with Crippen LogP contribution in [0, 0.1) is 6.92 Å². The molecule has 2 rings (SSSR count). The Morgan fingerprint density at radius 3 is 3.11 bits per heavy atom. The molecule has 2 aromatic heterocycles. The van der Waals surface area contributed by atoms with Crippen LogP contribution in [0.3, 0.4) is 0 Å². The number of hydrogen-bond acceptors (Lipinski definition) is 6. The lowest BCUT2D eigenvalue weighted by Gasteiger charge is -1.98. The zero-order chi connectivity index (χ0) is 13.0. The second-order valence-electron chi connectivity index (χ2n) is 3.78. The Balaban J connectivity index is 1.90. The quantitative estimate of drug-likeness (QED) is 0.837. The molecule has 0 bridgehead atoms. The van der Waals surface area contributed by atoms with Gasteiger partial charge in [-0.05, 0) is 13.5 Å². The number of thiazole rings is 1. The van der Waals surface area contributed by atoms with Crippen LogP contribution in [0.15, 0.2) is 16.0 Å². The molecule has 0 aliphatic carbocycles. The van der Waals surface area contributed by atoms with Crippen molar-refractivity contribution in [3.8, 4) is 0 Å². The maximum absolute atomic E-state index is 11.8. The number of aryl methyl sites for hydroxylation is 1. The van der Waals surface area contributed by atoms with Gasteiger partial charge in [0.05, 0.1) is 11.6 Å². The van der Waals surface area contributed by atoms with Crippen LogP contribution in [0.4, 0.5) is 0 Å². The van der Waals surface area contributed by atoms with Crippen LogP contribution in [0.1, 0.15) is 27.0 Å². The summed E-state index contributed by atoms with van der Waals surface area (Å²) in [6, 6.07) is 1.78. The van der Waals surface area contributed by atoms with Gasteiger partial charge in [-0.15, -0.1) is 11.3 Å². The summed E-state index contributed by atoms with van der Waals surface area (Å²) in [5, 5.41) is 9.13. The van der Waals surface area contributed by atoms with Crippen molar-refractivity contribution in [1.82, 2.24) is 15.5 Å². The highest BCUT2D eigenvalue weighted by Gasteiger charge is 2.11. The van der Waals surface area contributed by atoms with E-state index in [1.165, 1.54) is 11.3 Å². The van der Waals surface area contributed by atoms with E-state index in [4.69, 9.17) is 10.3 Å². The number of hydrogen-bond donors (Lipinski definition) is 2. The van der Waals surface area contributed by atoms with Crippen molar-refractivity contribution in [2.45, 2.75) is 19.9 Å². The van der Waals surface area contributed by atoms with Crippen molar-refractivity contribution in [1.29, 1.82) is 0 Å². The fourth-order valence-electron chi connectivity index (χ4n) is 1.42. The Kier molecular flexibility index (Phi) is 4.06. The summed E-state index contributed by atoms with van der Waals surface area (Å²) in [4.78, 5) is 16.0. The molecule has 0 aliphatic rings. The lowest BCUT2D eigenvalue weighted by Crippen LogP contribution is -2.23.